The Morgan fingerprint density at radius 1 is 1.22 bits per heavy atom. The highest BCUT2D eigenvalue weighted by atomic mass is 16.4. The average Bonchev–Trinajstić information content (AvgIpc) is 3.21. The molecule has 8 nitrogen and oxygen atoms in total. The second-order valence-electron chi connectivity index (χ2n) is 8.13. The number of carbonyl (C=O) groups is 1. The lowest BCUT2D eigenvalue weighted by Gasteiger charge is -2.22. The molecule has 2 N–H and O–H groups in total. The van der Waals surface area contributed by atoms with E-state index in [0.717, 1.165) is 33.0 Å². The molecule has 166 valence electrons. The highest BCUT2D eigenvalue weighted by Crippen LogP contribution is 2.30. The van der Waals surface area contributed by atoms with E-state index >= 15 is 0 Å². The summed E-state index contributed by atoms with van der Waals surface area (Å²) in [5.74, 6) is -1.19. The SMILES string of the molecule is CCCC[C@H](C(=O)O)n1c(=O)c2cnccc2n(C(C)c2c[nH]c3cccc(C)c23)c1=O. The average molecular weight is 434 g/mol. The number of hydrogen-bond donors (Lipinski definition) is 2. The largest absolute Gasteiger partial charge is 0.480 e. The molecule has 2 atom stereocenters. The molecule has 3 heterocycles. The van der Waals surface area contributed by atoms with Gasteiger partial charge in [0.2, 0.25) is 0 Å². The standard InChI is InChI=1S/C24H26N4O4/c1-4-5-9-20(23(30)31)28-22(29)17-12-25-11-10-19(17)27(24(28)32)15(3)16-13-26-18-8-6-7-14(2)21(16)18/h6-8,10-13,15,20,26H,4-5,9H2,1-3H3,(H,30,31)/t15?,20-/m1/s1. The summed E-state index contributed by atoms with van der Waals surface area (Å²) >= 11 is 0. The van der Waals surface area contributed by atoms with Crippen molar-refractivity contribution in [1.82, 2.24) is 19.1 Å². The van der Waals surface area contributed by atoms with E-state index in [1.54, 1.807) is 6.07 Å². The minimum Gasteiger partial charge on any atom is -0.480 e. The van der Waals surface area contributed by atoms with Gasteiger partial charge in [0.1, 0.15) is 6.04 Å². The number of unbranched alkanes of at least 4 members (excludes halogenated alkanes) is 1. The Kier molecular flexibility index (Phi) is 5.69. The van der Waals surface area contributed by atoms with Gasteiger partial charge in [-0.1, -0.05) is 31.9 Å². The van der Waals surface area contributed by atoms with Crippen molar-refractivity contribution < 1.29 is 9.90 Å². The first kappa shape index (κ1) is 21.5. The fourth-order valence-corrected chi connectivity index (χ4v) is 4.47. The van der Waals surface area contributed by atoms with Crippen molar-refractivity contribution in [3.05, 3.63) is 74.8 Å². The Hall–Kier alpha value is -3.68. The lowest BCUT2D eigenvalue weighted by atomic mass is 10.0. The maximum Gasteiger partial charge on any atom is 0.332 e. The van der Waals surface area contributed by atoms with Gasteiger partial charge >= 0.3 is 11.7 Å². The zero-order valence-electron chi connectivity index (χ0n) is 18.3. The van der Waals surface area contributed by atoms with E-state index < -0.39 is 29.3 Å². The first-order valence-corrected chi connectivity index (χ1v) is 10.8. The van der Waals surface area contributed by atoms with Crippen molar-refractivity contribution in [3.63, 3.8) is 0 Å². The van der Waals surface area contributed by atoms with Crippen LogP contribution in [0, 0.1) is 6.92 Å². The number of aliphatic carboxylic acids is 1. The van der Waals surface area contributed by atoms with Gasteiger partial charge in [-0.05, 0) is 38.0 Å². The number of aromatic amines is 1. The van der Waals surface area contributed by atoms with Crippen molar-refractivity contribution in [1.29, 1.82) is 0 Å². The second kappa shape index (κ2) is 8.45. The van der Waals surface area contributed by atoms with Gasteiger partial charge in [0.25, 0.3) is 5.56 Å². The van der Waals surface area contributed by atoms with Gasteiger partial charge in [0, 0.05) is 35.1 Å². The molecule has 4 aromatic rings. The van der Waals surface area contributed by atoms with E-state index in [-0.39, 0.29) is 11.8 Å². The van der Waals surface area contributed by atoms with Crippen LogP contribution in [-0.2, 0) is 4.79 Å². The number of aryl methyl sites for hydroxylation is 1. The molecule has 0 radical (unpaired) electrons. The zero-order chi connectivity index (χ0) is 23.0. The van der Waals surface area contributed by atoms with E-state index in [0.29, 0.717) is 11.9 Å². The summed E-state index contributed by atoms with van der Waals surface area (Å²) < 4.78 is 2.40. The number of rotatable bonds is 7. The van der Waals surface area contributed by atoms with Crippen molar-refractivity contribution in [2.75, 3.05) is 0 Å². The molecular weight excluding hydrogens is 408 g/mol. The highest BCUT2D eigenvalue weighted by Gasteiger charge is 2.28. The first-order chi connectivity index (χ1) is 15.4. The van der Waals surface area contributed by atoms with E-state index in [4.69, 9.17) is 0 Å². The maximum absolute atomic E-state index is 13.7. The number of benzene rings is 1. The second-order valence-corrected chi connectivity index (χ2v) is 8.13. The van der Waals surface area contributed by atoms with Gasteiger partial charge in [-0.2, -0.15) is 0 Å². The summed E-state index contributed by atoms with van der Waals surface area (Å²) in [4.78, 5) is 46.3. The molecule has 0 bridgehead atoms. The number of carboxylic acids is 1. The Labute approximate surface area is 184 Å². The summed E-state index contributed by atoms with van der Waals surface area (Å²) in [5.41, 5.74) is 2.08. The van der Waals surface area contributed by atoms with Crippen LogP contribution in [0.15, 0.2) is 52.4 Å². The van der Waals surface area contributed by atoms with E-state index in [1.165, 1.54) is 17.0 Å². The minimum atomic E-state index is -1.23. The van der Waals surface area contributed by atoms with Crippen molar-refractivity contribution in [2.45, 2.75) is 52.1 Å². The van der Waals surface area contributed by atoms with Crippen LogP contribution in [0.2, 0.25) is 0 Å². The predicted octanol–water partition coefficient (Wildman–Crippen LogP) is 3.77. The quantitative estimate of drug-likeness (QED) is 0.460. The molecule has 1 unspecified atom stereocenters. The van der Waals surface area contributed by atoms with Gasteiger partial charge in [-0.3, -0.25) is 14.3 Å². The molecular formula is C24H26N4O4. The van der Waals surface area contributed by atoms with Crippen LogP contribution < -0.4 is 11.2 Å². The summed E-state index contributed by atoms with van der Waals surface area (Å²) in [5, 5.41) is 11.1. The molecule has 3 aromatic heterocycles. The fourth-order valence-electron chi connectivity index (χ4n) is 4.47. The molecule has 0 spiro atoms. The molecule has 0 aliphatic carbocycles. The molecule has 0 aliphatic rings. The normalized spacial score (nSPS) is 13.5. The third kappa shape index (κ3) is 3.41. The zero-order valence-corrected chi connectivity index (χ0v) is 18.3. The van der Waals surface area contributed by atoms with Crippen molar-refractivity contribution in [2.24, 2.45) is 0 Å². The number of H-pyrrole nitrogens is 1. The number of pyridine rings is 1. The number of hydrogen-bond acceptors (Lipinski definition) is 4. The number of nitrogens with one attached hydrogen (secondary N) is 1. The van der Waals surface area contributed by atoms with Gasteiger partial charge in [-0.25, -0.2) is 14.2 Å². The fraction of sp³-hybridized carbons (Fsp3) is 0.333. The summed E-state index contributed by atoms with van der Waals surface area (Å²) in [6, 6.07) is 5.88. The Bertz CT molecular complexity index is 1430. The Balaban J connectivity index is 2.04. The first-order valence-electron chi connectivity index (χ1n) is 10.8. The van der Waals surface area contributed by atoms with Crippen LogP contribution in [0.4, 0.5) is 0 Å². The van der Waals surface area contributed by atoms with Gasteiger partial charge in [0.15, 0.2) is 0 Å². The third-order valence-corrected chi connectivity index (χ3v) is 6.13. The number of aromatic nitrogens is 4. The van der Waals surface area contributed by atoms with Gasteiger partial charge < -0.3 is 10.1 Å². The molecule has 0 aliphatic heterocycles. The summed E-state index contributed by atoms with van der Waals surface area (Å²) in [6.07, 6.45) is 6.34. The maximum atomic E-state index is 13.7. The van der Waals surface area contributed by atoms with Crippen molar-refractivity contribution >= 4 is 27.8 Å². The molecule has 0 fully saturated rings. The van der Waals surface area contributed by atoms with Crippen LogP contribution >= 0.6 is 0 Å². The molecule has 32 heavy (non-hydrogen) atoms. The number of carboxylic acid groups (broad SMARTS) is 1. The molecule has 8 heteroatoms. The Morgan fingerprint density at radius 2 is 2.00 bits per heavy atom. The third-order valence-electron chi connectivity index (χ3n) is 6.13. The van der Waals surface area contributed by atoms with Crippen LogP contribution in [0.3, 0.4) is 0 Å². The molecule has 1 aromatic carbocycles. The minimum absolute atomic E-state index is 0.202. The van der Waals surface area contributed by atoms with Crippen molar-refractivity contribution in [3.8, 4) is 0 Å². The van der Waals surface area contributed by atoms with E-state index in [9.17, 15) is 19.5 Å². The van der Waals surface area contributed by atoms with Crippen LogP contribution in [0.25, 0.3) is 21.8 Å². The summed E-state index contributed by atoms with van der Waals surface area (Å²) in [7, 11) is 0. The highest BCUT2D eigenvalue weighted by molar-refractivity contribution is 5.87. The topological polar surface area (TPSA) is 110 Å². The smallest absolute Gasteiger partial charge is 0.332 e. The van der Waals surface area contributed by atoms with E-state index in [1.807, 2.05) is 45.2 Å². The van der Waals surface area contributed by atoms with Crippen LogP contribution in [-0.4, -0.2) is 30.2 Å². The van der Waals surface area contributed by atoms with Crippen LogP contribution in [0.5, 0.6) is 0 Å². The monoisotopic (exact) mass is 434 g/mol. The van der Waals surface area contributed by atoms with Crippen LogP contribution in [0.1, 0.15) is 56.3 Å². The van der Waals surface area contributed by atoms with E-state index in [2.05, 4.69) is 9.97 Å². The Morgan fingerprint density at radius 3 is 2.72 bits per heavy atom. The molecule has 0 amide bonds. The summed E-state index contributed by atoms with van der Waals surface area (Å²) in [6.45, 7) is 5.82. The lowest BCUT2D eigenvalue weighted by Crippen LogP contribution is -2.45. The van der Waals surface area contributed by atoms with Gasteiger partial charge in [0.05, 0.1) is 16.9 Å². The predicted molar refractivity (Wildman–Crippen MR) is 123 cm³/mol. The van der Waals surface area contributed by atoms with Gasteiger partial charge in [-0.15, -0.1) is 0 Å². The molecule has 0 saturated heterocycles. The number of fused-ring (bicyclic) bond motifs is 2. The lowest BCUT2D eigenvalue weighted by molar-refractivity contribution is -0.141. The molecule has 4 rings (SSSR count). The number of nitrogens with zero attached hydrogens (tertiary/aromatic N) is 3. The molecule has 0 saturated carbocycles.